The van der Waals surface area contributed by atoms with Crippen LogP contribution in [0.4, 0.5) is 5.69 Å². The minimum absolute atomic E-state index is 0.251. The van der Waals surface area contributed by atoms with Crippen LogP contribution in [0.1, 0.15) is 21.5 Å². The SMILES string of the molecule is COc1cc(C(=O)Nc2cccc(Cn3cncn3)c2)ccc1OCc1ccccc1Cl. The quantitative estimate of drug-likeness (QED) is 0.418. The summed E-state index contributed by atoms with van der Waals surface area (Å²) in [6.45, 7) is 0.856. The topological polar surface area (TPSA) is 78.3 Å². The van der Waals surface area contributed by atoms with Gasteiger partial charge in [0.2, 0.25) is 0 Å². The number of aromatic nitrogens is 3. The minimum atomic E-state index is -0.251. The summed E-state index contributed by atoms with van der Waals surface area (Å²) in [5.41, 5.74) is 3.00. The van der Waals surface area contributed by atoms with E-state index in [9.17, 15) is 4.79 Å². The van der Waals surface area contributed by atoms with Crippen LogP contribution in [0.15, 0.2) is 79.4 Å². The first-order chi connectivity index (χ1) is 15.6. The van der Waals surface area contributed by atoms with E-state index in [-0.39, 0.29) is 5.91 Å². The zero-order valence-electron chi connectivity index (χ0n) is 17.4. The van der Waals surface area contributed by atoms with Gasteiger partial charge in [-0.1, -0.05) is 41.9 Å². The number of amides is 1. The van der Waals surface area contributed by atoms with Gasteiger partial charge in [0.15, 0.2) is 11.5 Å². The summed E-state index contributed by atoms with van der Waals surface area (Å²) in [6, 6.07) is 20.1. The van der Waals surface area contributed by atoms with Crippen molar-refractivity contribution in [1.82, 2.24) is 14.8 Å². The van der Waals surface area contributed by atoms with Crippen molar-refractivity contribution < 1.29 is 14.3 Å². The van der Waals surface area contributed by atoms with Gasteiger partial charge >= 0.3 is 0 Å². The maximum Gasteiger partial charge on any atom is 0.255 e. The monoisotopic (exact) mass is 448 g/mol. The maximum absolute atomic E-state index is 12.8. The van der Waals surface area contributed by atoms with Crippen LogP contribution >= 0.6 is 11.6 Å². The number of halogens is 1. The van der Waals surface area contributed by atoms with E-state index >= 15 is 0 Å². The lowest BCUT2D eigenvalue weighted by Gasteiger charge is -2.13. The van der Waals surface area contributed by atoms with Crippen LogP contribution in [-0.4, -0.2) is 27.8 Å². The molecule has 32 heavy (non-hydrogen) atoms. The van der Waals surface area contributed by atoms with Gasteiger partial charge in [-0.2, -0.15) is 5.10 Å². The van der Waals surface area contributed by atoms with Gasteiger partial charge < -0.3 is 14.8 Å². The molecular formula is C24H21ClN4O3. The molecule has 7 nitrogen and oxygen atoms in total. The summed E-state index contributed by atoms with van der Waals surface area (Å²) in [6.07, 6.45) is 3.13. The molecule has 1 amide bonds. The smallest absolute Gasteiger partial charge is 0.255 e. The zero-order chi connectivity index (χ0) is 22.3. The molecule has 0 saturated heterocycles. The molecule has 0 aliphatic heterocycles. The van der Waals surface area contributed by atoms with Crippen molar-refractivity contribution >= 4 is 23.2 Å². The van der Waals surface area contributed by atoms with Crippen LogP contribution in [0.3, 0.4) is 0 Å². The molecule has 4 aromatic rings. The van der Waals surface area contributed by atoms with E-state index < -0.39 is 0 Å². The summed E-state index contributed by atoms with van der Waals surface area (Å²) < 4.78 is 13.0. The predicted molar refractivity (Wildman–Crippen MR) is 122 cm³/mol. The summed E-state index contributed by atoms with van der Waals surface area (Å²) in [4.78, 5) is 16.7. The van der Waals surface area contributed by atoms with E-state index in [0.29, 0.717) is 40.9 Å². The number of methoxy groups -OCH3 is 1. The molecule has 0 fully saturated rings. The Hall–Kier alpha value is -3.84. The molecular weight excluding hydrogens is 428 g/mol. The Kier molecular flexibility index (Phi) is 6.67. The van der Waals surface area contributed by atoms with Gasteiger partial charge in [-0.15, -0.1) is 0 Å². The first-order valence-corrected chi connectivity index (χ1v) is 10.3. The van der Waals surface area contributed by atoms with E-state index in [1.807, 2.05) is 48.5 Å². The Morgan fingerprint density at radius 1 is 1.06 bits per heavy atom. The largest absolute Gasteiger partial charge is 0.493 e. The third kappa shape index (κ3) is 5.25. The molecule has 1 N–H and O–H groups in total. The number of hydrogen-bond donors (Lipinski definition) is 1. The fraction of sp³-hybridized carbons (Fsp3) is 0.125. The predicted octanol–water partition coefficient (Wildman–Crippen LogP) is 4.82. The average Bonchev–Trinajstić information content (AvgIpc) is 3.31. The molecule has 0 radical (unpaired) electrons. The van der Waals surface area contributed by atoms with Crippen molar-refractivity contribution in [1.29, 1.82) is 0 Å². The number of hydrogen-bond acceptors (Lipinski definition) is 5. The number of ether oxygens (including phenoxy) is 2. The summed E-state index contributed by atoms with van der Waals surface area (Å²) in [5, 5.41) is 7.65. The molecule has 0 atom stereocenters. The third-order valence-corrected chi connectivity index (χ3v) is 5.13. The van der Waals surface area contributed by atoms with Crippen molar-refractivity contribution in [2.24, 2.45) is 0 Å². The summed E-state index contributed by atoms with van der Waals surface area (Å²) >= 11 is 6.19. The molecule has 0 saturated carbocycles. The van der Waals surface area contributed by atoms with Gasteiger partial charge in [0.25, 0.3) is 5.91 Å². The molecule has 0 aliphatic rings. The van der Waals surface area contributed by atoms with Gasteiger partial charge in [-0.3, -0.25) is 4.79 Å². The second-order valence-electron chi connectivity index (χ2n) is 6.99. The molecule has 0 unspecified atom stereocenters. The van der Waals surface area contributed by atoms with Crippen molar-refractivity contribution in [3.8, 4) is 11.5 Å². The second-order valence-corrected chi connectivity index (χ2v) is 7.40. The highest BCUT2D eigenvalue weighted by molar-refractivity contribution is 6.31. The number of anilines is 1. The Labute approximate surface area is 190 Å². The second kappa shape index (κ2) is 9.98. The standard InChI is InChI=1S/C24H21ClN4O3/c1-31-23-12-18(9-10-22(23)32-14-19-6-2-3-8-21(19)25)24(30)28-20-7-4-5-17(11-20)13-29-16-26-15-27-29/h2-12,15-16H,13-14H2,1H3,(H,28,30). The van der Waals surface area contributed by atoms with Crippen LogP contribution < -0.4 is 14.8 Å². The maximum atomic E-state index is 12.8. The van der Waals surface area contributed by atoms with Gasteiger partial charge in [0, 0.05) is 21.8 Å². The van der Waals surface area contributed by atoms with Crippen LogP contribution in [0.2, 0.25) is 5.02 Å². The summed E-state index contributed by atoms with van der Waals surface area (Å²) in [7, 11) is 1.53. The van der Waals surface area contributed by atoms with Crippen molar-refractivity contribution in [2.45, 2.75) is 13.2 Å². The number of carbonyl (C=O) groups excluding carboxylic acids is 1. The Morgan fingerprint density at radius 3 is 2.72 bits per heavy atom. The molecule has 3 aromatic carbocycles. The first-order valence-electron chi connectivity index (χ1n) is 9.89. The van der Waals surface area contributed by atoms with Gasteiger partial charge in [0.1, 0.15) is 19.3 Å². The van der Waals surface area contributed by atoms with Gasteiger partial charge in [-0.25, -0.2) is 9.67 Å². The molecule has 162 valence electrons. The first kappa shape index (κ1) is 21.4. The van der Waals surface area contributed by atoms with Gasteiger partial charge in [0.05, 0.1) is 13.7 Å². The summed E-state index contributed by atoms with van der Waals surface area (Å²) in [5.74, 6) is 0.738. The number of carbonyl (C=O) groups is 1. The minimum Gasteiger partial charge on any atom is -0.493 e. The van der Waals surface area contributed by atoms with Crippen LogP contribution in [-0.2, 0) is 13.2 Å². The van der Waals surface area contributed by atoms with Gasteiger partial charge in [-0.05, 0) is 42.0 Å². The Balaban J connectivity index is 1.44. The number of benzene rings is 3. The normalized spacial score (nSPS) is 10.6. The lowest BCUT2D eigenvalue weighted by atomic mass is 10.1. The number of rotatable bonds is 8. The highest BCUT2D eigenvalue weighted by atomic mass is 35.5. The number of nitrogens with one attached hydrogen (secondary N) is 1. The number of nitrogens with zero attached hydrogens (tertiary/aromatic N) is 3. The van der Waals surface area contributed by atoms with Crippen LogP contribution in [0, 0.1) is 0 Å². The zero-order valence-corrected chi connectivity index (χ0v) is 18.1. The van der Waals surface area contributed by atoms with E-state index in [0.717, 1.165) is 11.1 Å². The molecule has 0 spiro atoms. The molecule has 1 aromatic heterocycles. The van der Waals surface area contributed by atoms with E-state index in [4.69, 9.17) is 21.1 Å². The molecule has 1 heterocycles. The third-order valence-electron chi connectivity index (χ3n) is 4.76. The molecule has 0 aliphatic carbocycles. The molecule has 0 bridgehead atoms. The van der Waals surface area contributed by atoms with Crippen molar-refractivity contribution in [3.63, 3.8) is 0 Å². The average molecular weight is 449 g/mol. The molecule has 8 heteroatoms. The molecule has 4 rings (SSSR count). The van der Waals surface area contributed by atoms with Crippen molar-refractivity contribution in [2.75, 3.05) is 12.4 Å². The van der Waals surface area contributed by atoms with Crippen LogP contribution in [0.5, 0.6) is 11.5 Å². The lowest BCUT2D eigenvalue weighted by molar-refractivity contribution is 0.102. The van der Waals surface area contributed by atoms with E-state index in [1.165, 1.54) is 13.4 Å². The van der Waals surface area contributed by atoms with E-state index in [1.54, 1.807) is 29.2 Å². The fourth-order valence-electron chi connectivity index (χ4n) is 3.15. The van der Waals surface area contributed by atoms with Crippen molar-refractivity contribution in [3.05, 3.63) is 101 Å². The highest BCUT2D eigenvalue weighted by Gasteiger charge is 2.13. The lowest BCUT2D eigenvalue weighted by Crippen LogP contribution is -2.12. The van der Waals surface area contributed by atoms with Crippen LogP contribution in [0.25, 0.3) is 0 Å². The fourth-order valence-corrected chi connectivity index (χ4v) is 3.34. The highest BCUT2D eigenvalue weighted by Crippen LogP contribution is 2.30. The van der Waals surface area contributed by atoms with E-state index in [2.05, 4.69) is 15.4 Å². The Bertz CT molecular complexity index is 1210. The Morgan fingerprint density at radius 2 is 1.94 bits per heavy atom.